The SMILES string of the molecule is CNC(CNC(=O)c1cc(Cc2cccc(Cl)c2)cc(OC(F)F)c1)C[C@H]1CCCOC1. The highest BCUT2D eigenvalue weighted by Gasteiger charge is 2.20. The lowest BCUT2D eigenvalue weighted by molar-refractivity contribution is -0.0499. The topological polar surface area (TPSA) is 59.6 Å². The lowest BCUT2D eigenvalue weighted by atomic mass is 9.94. The Morgan fingerprint density at radius 3 is 2.78 bits per heavy atom. The van der Waals surface area contributed by atoms with Gasteiger partial charge >= 0.3 is 6.61 Å². The van der Waals surface area contributed by atoms with Crippen LogP contribution in [0.1, 0.15) is 40.7 Å². The Labute approximate surface area is 192 Å². The summed E-state index contributed by atoms with van der Waals surface area (Å²) >= 11 is 6.05. The molecule has 1 fully saturated rings. The van der Waals surface area contributed by atoms with Crippen LogP contribution in [0, 0.1) is 5.92 Å². The molecule has 5 nitrogen and oxygen atoms in total. The fourth-order valence-electron chi connectivity index (χ4n) is 3.96. The van der Waals surface area contributed by atoms with Crippen LogP contribution in [0.5, 0.6) is 5.75 Å². The monoisotopic (exact) mass is 466 g/mol. The first-order chi connectivity index (χ1) is 15.4. The minimum atomic E-state index is -2.97. The number of likely N-dealkylation sites (N-methyl/N-ethyl adjacent to an activating group) is 1. The molecule has 8 heteroatoms. The van der Waals surface area contributed by atoms with E-state index in [2.05, 4.69) is 15.4 Å². The van der Waals surface area contributed by atoms with E-state index >= 15 is 0 Å². The number of hydrogen-bond acceptors (Lipinski definition) is 4. The molecule has 0 aromatic heterocycles. The van der Waals surface area contributed by atoms with Gasteiger partial charge in [0.1, 0.15) is 5.75 Å². The first-order valence-electron chi connectivity index (χ1n) is 10.8. The van der Waals surface area contributed by atoms with Crippen LogP contribution >= 0.6 is 11.6 Å². The minimum Gasteiger partial charge on any atom is -0.435 e. The van der Waals surface area contributed by atoms with Crippen LogP contribution in [0.25, 0.3) is 0 Å². The van der Waals surface area contributed by atoms with E-state index in [0.717, 1.165) is 38.0 Å². The number of carbonyl (C=O) groups is 1. The molecule has 1 amide bonds. The standard InChI is InChI=1S/C24H29ClF2N2O3/c1-28-21(11-17-5-3-7-31-15-17)14-29-23(30)19-9-18(12-22(13-19)32-24(26)27)8-16-4-2-6-20(25)10-16/h2,4,6,9-10,12-13,17,21,24,28H,3,5,7-8,11,14-15H2,1H3,(H,29,30)/t17-,21?/m1/s1. The summed E-state index contributed by atoms with van der Waals surface area (Å²) in [7, 11) is 1.86. The van der Waals surface area contributed by atoms with Crippen LogP contribution in [-0.2, 0) is 11.2 Å². The van der Waals surface area contributed by atoms with E-state index in [0.29, 0.717) is 29.5 Å². The molecule has 174 valence electrons. The van der Waals surface area contributed by atoms with Gasteiger partial charge in [0.05, 0.1) is 0 Å². The number of ether oxygens (including phenoxy) is 2. The van der Waals surface area contributed by atoms with E-state index in [-0.39, 0.29) is 23.3 Å². The van der Waals surface area contributed by atoms with E-state index in [9.17, 15) is 13.6 Å². The zero-order valence-electron chi connectivity index (χ0n) is 18.1. The van der Waals surface area contributed by atoms with Crippen LogP contribution in [0.3, 0.4) is 0 Å². The average molecular weight is 467 g/mol. The quantitative estimate of drug-likeness (QED) is 0.534. The van der Waals surface area contributed by atoms with Crippen molar-refractivity contribution in [2.45, 2.75) is 38.3 Å². The van der Waals surface area contributed by atoms with Crippen molar-refractivity contribution >= 4 is 17.5 Å². The number of carbonyl (C=O) groups excluding carboxylic acids is 1. The van der Waals surface area contributed by atoms with Crippen molar-refractivity contribution in [2.24, 2.45) is 5.92 Å². The van der Waals surface area contributed by atoms with E-state index in [1.807, 2.05) is 19.2 Å². The van der Waals surface area contributed by atoms with E-state index in [1.165, 1.54) is 12.1 Å². The molecule has 0 bridgehead atoms. The second-order valence-corrected chi connectivity index (χ2v) is 8.50. The molecule has 2 aromatic carbocycles. The molecule has 3 rings (SSSR count). The molecular formula is C24H29ClF2N2O3. The zero-order valence-corrected chi connectivity index (χ0v) is 18.8. The Kier molecular flexibility index (Phi) is 9.26. The molecule has 0 aliphatic carbocycles. The lowest BCUT2D eigenvalue weighted by Crippen LogP contribution is -2.41. The lowest BCUT2D eigenvalue weighted by Gasteiger charge is -2.26. The van der Waals surface area contributed by atoms with Gasteiger partial charge in [-0.05, 0) is 80.1 Å². The van der Waals surface area contributed by atoms with Crippen molar-refractivity contribution in [3.63, 3.8) is 0 Å². The number of nitrogens with one attached hydrogen (secondary N) is 2. The third-order valence-electron chi connectivity index (χ3n) is 5.54. The fourth-order valence-corrected chi connectivity index (χ4v) is 4.18. The summed E-state index contributed by atoms with van der Waals surface area (Å²) in [6.07, 6.45) is 3.50. The van der Waals surface area contributed by atoms with Crippen LogP contribution in [0.4, 0.5) is 8.78 Å². The van der Waals surface area contributed by atoms with Gasteiger partial charge in [0, 0.05) is 36.4 Å². The first kappa shape index (κ1) is 24.4. The molecule has 1 aliphatic rings. The molecular weight excluding hydrogens is 438 g/mol. The molecule has 1 heterocycles. The Morgan fingerprint density at radius 1 is 1.25 bits per heavy atom. The second-order valence-electron chi connectivity index (χ2n) is 8.07. The number of amides is 1. The number of alkyl halides is 2. The molecule has 1 aliphatic heterocycles. The van der Waals surface area contributed by atoms with Gasteiger partial charge in [0.2, 0.25) is 0 Å². The predicted molar refractivity (Wildman–Crippen MR) is 121 cm³/mol. The maximum absolute atomic E-state index is 12.8. The summed E-state index contributed by atoms with van der Waals surface area (Å²) in [4.78, 5) is 12.8. The third-order valence-corrected chi connectivity index (χ3v) is 5.78. The van der Waals surface area contributed by atoms with Crippen LogP contribution in [0.2, 0.25) is 5.02 Å². The zero-order chi connectivity index (χ0) is 22.9. The van der Waals surface area contributed by atoms with Crippen molar-refractivity contribution in [2.75, 3.05) is 26.8 Å². The molecule has 0 radical (unpaired) electrons. The van der Waals surface area contributed by atoms with E-state index in [1.54, 1.807) is 18.2 Å². The molecule has 32 heavy (non-hydrogen) atoms. The maximum Gasteiger partial charge on any atom is 0.387 e. The summed E-state index contributed by atoms with van der Waals surface area (Å²) in [5, 5.41) is 6.74. The highest BCUT2D eigenvalue weighted by atomic mass is 35.5. The molecule has 1 saturated heterocycles. The number of benzene rings is 2. The Morgan fingerprint density at radius 2 is 2.09 bits per heavy atom. The van der Waals surface area contributed by atoms with Crippen LogP contribution < -0.4 is 15.4 Å². The van der Waals surface area contributed by atoms with E-state index in [4.69, 9.17) is 16.3 Å². The van der Waals surface area contributed by atoms with Gasteiger partial charge in [-0.15, -0.1) is 0 Å². The molecule has 2 N–H and O–H groups in total. The van der Waals surface area contributed by atoms with E-state index < -0.39 is 6.61 Å². The van der Waals surface area contributed by atoms with Crippen molar-refractivity contribution in [1.82, 2.24) is 10.6 Å². The van der Waals surface area contributed by atoms with Crippen molar-refractivity contribution < 1.29 is 23.0 Å². The first-order valence-corrected chi connectivity index (χ1v) is 11.2. The highest BCUT2D eigenvalue weighted by Crippen LogP contribution is 2.23. The number of rotatable bonds is 10. The second kappa shape index (κ2) is 12.1. The van der Waals surface area contributed by atoms with Crippen LogP contribution in [0.15, 0.2) is 42.5 Å². The van der Waals surface area contributed by atoms with Crippen molar-refractivity contribution in [3.8, 4) is 5.75 Å². The van der Waals surface area contributed by atoms with Gasteiger partial charge in [-0.2, -0.15) is 8.78 Å². The van der Waals surface area contributed by atoms with Crippen LogP contribution in [-0.4, -0.2) is 45.4 Å². The summed E-state index contributed by atoms with van der Waals surface area (Å²) in [6, 6.07) is 11.9. The number of hydrogen-bond donors (Lipinski definition) is 2. The maximum atomic E-state index is 12.8. The number of halogens is 3. The summed E-state index contributed by atoms with van der Waals surface area (Å²) < 4.78 is 35.8. The van der Waals surface area contributed by atoms with Gasteiger partial charge in [0.25, 0.3) is 5.91 Å². The summed E-state index contributed by atoms with van der Waals surface area (Å²) in [6.45, 7) is -0.994. The Bertz CT molecular complexity index is 891. The van der Waals surface area contributed by atoms with Crippen molar-refractivity contribution in [1.29, 1.82) is 0 Å². The Hall–Kier alpha value is -2.22. The summed E-state index contributed by atoms with van der Waals surface area (Å²) in [5.74, 6) is 0.0802. The Balaban J connectivity index is 1.68. The van der Waals surface area contributed by atoms with Gasteiger partial charge in [-0.3, -0.25) is 4.79 Å². The molecule has 0 saturated carbocycles. The van der Waals surface area contributed by atoms with Gasteiger partial charge in [-0.25, -0.2) is 0 Å². The van der Waals surface area contributed by atoms with Gasteiger partial charge in [0.15, 0.2) is 0 Å². The normalized spacial score (nSPS) is 17.2. The van der Waals surface area contributed by atoms with Gasteiger partial charge < -0.3 is 20.1 Å². The smallest absolute Gasteiger partial charge is 0.387 e. The highest BCUT2D eigenvalue weighted by molar-refractivity contribution is 6.30. The van der Waals surface area contributed by atoms with Crippen molar-refractivity contribution in [3.05, 3.63) is 64.2 Å². The molecule has 2 atom stereocenters. The molecule has 1 unspecified atom stereocenters. The third kappa shape index (κ3) is 7.73. The largest absolute Gasteiger partial charge is 0.435 e. The molecule has 0 spiro atoms. The summed E-state index contributed by atoms with van der Waals surface area (Å²) in [5.41, 5.74) is 1.86. The van der Waals surface area contributed by atoms with Gasteiger partial charge in [-0.1, -0.05) is 23.7 Å². The predicted octanol–water partition coefficient (Wildman–Crippen LogP) is 4.67. The molecule has 2 aromatic rings. The fraction of sp³-hybridized carbons (Fsp3) is 0.458. The average Bonchev–Trinajstić information content (AvgIpc) is 2.76. The minimum absolute atomic E-state index is 0.0470.